The molecule has 0 saturated heterocycles. The molecule has 0 bridgehead atoms. The monoisotopic (exact) mass is 324 g/mol. The number of nitrogens with zero attached hydrogens (tertiary/aromatic N) is 1. The highest BCUT2D eigenvalue weighted by Crippen LogP contribution is 2.28. The number of ether oxygens (including phenoxy) is 1. The Morgan fingerprint density at radius 3 is 2.89 bits per heavy atom. The molecular weight excluding hydrogens is 311 g/mol. The van der Waals surface area contributed by atoms with Crippen molar-refractivity contribution in [1.82, 2.24) is 10.3 Å². The summed E-state index contributed by atoms with van der Waals surface area (Å²) in [6, 6.07) is 6.55. The molecule has 19 heavy (non-hydrogen) atoms. The number of benzene rings is 1. The van der Waals surface area contributed by atoms with E-state index in [1.165, 1.54) is 6.07 Å². The third kappa shape index (κ3) is 3.75. The van der Waals surface area contributed by atoms with Gasteiger partial charge in [0.2, 0.25) is 0 Å². The summed E-state index contributed by atoms with van der Waals surface area (Å²) < 4.78 is 20.0. The molecule has 2 aromatic rings. The molecule has 0 aliphatic carbocycles. The Balaban J connectivity index is 2.22. The van der Waals surface area contributed by atoms with Crippen molar-refractivity contribution in [2.24, 2.45) is 0 Å². The lowest BCUT2D eigenvalue weighted by Crippen LogP contribution is -2.12. The summed E-state index contributed by atoms with van der Waals surface area (Å²) in [5.74, 6) is 0.339. The molecule has 0 aliphatic rings. The Bertz CT molecular complexity index is 563. The molecule has 1 N–H and O–H groups in total. The Labute approximate surface area is 119 Å². The molecule has 1 aromatic heterocycles. The SMILES string of the molecule is CCNCc1ccncc1Oc1ccc(Br)cc1F. The lowest BCUT2D eigenvalue weighted by Gasteiger charge is -2.11. The molecule has 0 radical (unpaired) electrons. The molecule has 1 aromatic carbocycles. The van der Waals surface area contributed by atoms with E-state index in [2.05, 4.69) is 26.2 Å². The van der Waals surface area contributed by atoms with E-state index < -0.39 is 5.82 Å². The fraction of sp³-hybridized carbons (Fsp3) is 0.214. The van der Waals surface area contributed by atoms with Gasteiger partial charge in [0, 0.05) is 22.8 Å². The van der Waals surface area contributed by atoms with Crippen molar-refractivity contribution in [1.29, 1.82) is 0 Å². The summed E-state index contributed by atoms with van der Waals surface area (Å²) in [5.41, 5.74) is 0.944. The Morgan fingerprint density at radius 1 is 1.32 bits per heavy atom. The first-order valence-electron chi connectivity index (χ1n) is 5.97. The topological polar surface area (TPSA) is 34.2 Å². The van der Waals surface area contributed by atoms with Crippen molar-refractivity contribution in [3.63, 3.8) is 0 Å². The number of hydrogen-bond donors (Lipinski definition) is 1. The van der Waals surface area contributed by atoms with Crippen molar-refractivity contribution in [3.05, 3.63) is 52.5 Å². The zero-order chi connectivity index (χ0) is 13.7. The van der Waals surface area contributed by atoms with Crippen molar-refractivity contribution in [3.8, 4) is 11.5 Å². The van der Waals surface area contributed by atoms with Crippen LogP contribution in [0.15, 0.2) is 41.1 Å². The van der Waals surface area contributed by atoms with Crippen LogP contribution in [0.25, 0.3) is 0 Å². The summed E-state index contributed by atoms with van der Waals surface area (Å²) in [4.78, 5) is 4.01. The van der Waals surface area contributed by atoms with E-state index in [1.54, 1.807) is 24.5 Å². The third-order valence-corrected chi connectivity index (χ3v) is 3.04. The van der Waals surface area contributed by atoms with Crippen LogP contribution in [0.2, 0.25) is 0 Å². The van der Waals surface area contributed by atoms with E-state index in [-0.39, 0.29) is 5.75 Å². The predicted molar refractivity (Wildman–Crippen MR) is 75.8 cm³/mol. The maximum absolute atomic E-state index is 13.7. The summed E-state index contributed by atoms with van der Waals surface area (Å²) in [6.07, 6.45) is 3.28. The van der Waals surface area contributed by atoms with Gasteiger partial charge >= 0.3 is 0 Å². The quantitative estimate of drug-likeness (QED) is 0.906. The average Bonchev–Trinajstić information content (AvgIpc) is 2.41. The summed E-state index contributed by atoms with van der Waals surface area (Å²) >= 11 is 3.21. The molecule has 0 aliphatic heterocycles. The van der Waals surface area contributed by atoms with E-state index in [0.717, 1.165) is 12.1 Å². The first-order valence-corrected chi connectivity index (χ1v) is 6.76. The van der Waals surface area contributed by atoms with Crippen molar-refractivity contribution < 1.29 is 9.13 Å². The minimum atomic E-state index is -0.410. The maximum Gasteiger partial charge on any atom is 0.166 e. The van der Waals surface area contributed by atoms with Gasteiger partial charge in [0.25, 0.3) is 0 Å². The van der Waals surface area contributed by atoms with Crippen molar-refractivity contribution in [2.45, 2.75) is 13.5 Å². The smallest absolute Gasteiger partial charge is 0.166 e. The van der Waals surface area contributed by atoms with Gasteiger partial charge in [0.1, 0.15) is 5.75 Å². The number of pyridine rings is 1. The fourth-order valence-electron chi connectivity index (χ4n) is 1.58. The van der Waals surface area contributed by atoms with Crippen molar-refractivity contribution >= 4 is 15.9 Å². The van der Waals surface area contributed by atoms with Crippen LogP contribution < -0.4 is 10.1 Å². The second-order valence-corrected chi connectivity index (χ2v) is 4.86. The van der Waals surface area contributed by atoms with Crippen LogP contribution in [-0.4, -0.2) is 11.5 Å². The molecule has 0 fully saturated rings. The highest BCUT2D eigenvalue weighted by atomic mass is 79.9. The minimum absolute atomic E-state index is 0.189. The first-order chi connectivity index (χ1) is 9.20. The zero-order valence-corrected chi connectivity index (χ0v) is 12.1. The molecule has 2 rings (SSSR count). The standard InChI is InChI=1S/C14H14BrFN2O/c1-2-17-8-10-5-6-18-9-14(10)19-13-4-3-11(15)7-12(13)16/h3-7,9,17H,2,8H2,1H3. The van der Waals surface area contributed by atoms with Crippen LogP contribution in [0.5, 0.6) is 11.5 Å². The van der Waals surface area contributed by atoms with Crippen LogP contribution in [-0.2, 0) is 6.54 Å². The van der Waals surface area contributed by atoms with Crippen molar-refractivity contribution in [2.75, 3.05) is 6.54 Å². The molecule has 100 valence electrons. The molecule has 5 heteroatoms. The lowest BCUT2D eigenvalue weighted by molar-refractivity contribution is 0.434. The Kier molecular flexibility index (Phi) is 4.87. The van der Waals surface area contributed by atoms with E-state index in [4.69, 9.17) is 4.74 Å². The van der Waals surface area contributed by atoms with Gasteiger partial charge in [0.15, 0.2) is 11.6 Å². The predicted octanol–water partition coefficient (Wildman–Crippen LogP) is 3.89. The number of rotatable bonds is 5. The summed E-state index contributed by atoms with van der Waals surface area (Å²) in [7, 11) is 0. The van der Waals surface area contributed by atoms with Gasteiger partial charge in [-0.25, -0.2) is 4.39 Å². The number of aromatic nitrogens is 1. The molecule has 0 saturated carbocycles. The van der Waals surface area contributed by atoms with Gasteiger partial charge in [-0.3, -0.25) is 4.98 Å². The molecule has 0 amide bonds. The second-order valence-electron chi connectivity index (χ2n) is 3.94. The molecule has 0 spiro atoms. The number of nitrogens with one attached hydrogen (secondary N) is 1. The zero-order valence-electron chi connectivity index (χ0n) is 10.5. The number of halogens is 2. The average molecular weight is 325 g/mol. The highest BCUT2D eigenvalue weighted by Gasteiger charge is 2.09. The van der Waals surface area contributed by atoms with E-state index in [9.17, 15) is 4.39 Å². The summed E-state index contributed by atoms with van der Waals surface area (Å²) in [5, 5.41) is 3.21. The Hall–Kier alpha value is -1.46. The molecule has 0 atom stereocenters. The third-order valence-electron chi connectivity index (χ3n) is 2.55. The highest BCUT2D eigenvalue weighted by molar-refractivity contribution is 9.10. The van der Waals surface area contributed by atoms with Crippen LogP contribution in [0.4, 0.5) is 4.39 Å². The van der Waals surface area contributed by atoms with Gasteiger partial charge < -0.3 is 10.1 Å². The molecule has 3 nitrogen and oxygen atoms in total. The molecular formula is C14H14BrFN2O. The minimum Gasteiger partial charge on any atom is -0.452 e. The van der Waals surface area contributed by atoms with Gasteiger partial charge in [0.05, 0.1) is 6.20 Å². The van der Waals surface area contributed by atoms with Crippen LogP contribution >= 0.6 is 15.9 Å². The largest absolute Gasteiger partial charge is 0.452 e. The normalized spacial score (nSPS) is 10.5. The van der Waals surface area contributed by atoms with Gasteiger partial charge in [-0.05, 0) is 30.8 Å². The van der Waals surface area contributed by atoms with Crippen LogP contribution in [0.1, 0.15) is 12.5 Å². The van der Waals surface area contributed by atoms with Crippen LogP contribution in [0, 0.1) is 5.82 Å². The fourth-order valence-corrected chi connectivity index (χ4v) is 1.92. The maximum atomic E-state index is 13.7. The van der Waals surface area contributed by atoms with Gasteiger partial charge in [-0.15, -0.1) is 0 Å². The van der Waals surface area contributed by atoms with Crippen LogP contribution in [0.3, 0.4) is 0 Å². The second kappa shape index (κ2) is 6.63. The number of hydrogen-bond acceptors (Lipinski definition) is 3. The first kappa shape index (κ1) is 14.0. The molecule has 1 heterocycles. The summed E-state index contributed by atoms with van der Waals surface area (Å²) in [6.45, 7) is 3.54. The van der Waals surface area contributed by atoms with E-state index in [1.807, 2.05) is 13.0 Å². The molecule has 0 unspecified atom stereocenters. The van der Waals surface area contributed by atoms with E-state index >= 15 is 0 Å². The van der Waals surface area contributed by atoms with E-state index in [0.29, 0.717) is 16.8 Å². The Morgan fingerprint density at radius 2 is 2.16 bits per heavy atom. The lowest BCUT2D eigenvalue weighted by atomic mass is 10.2. The van der Waals surface area contributed by atoms with Gasteiger partial charge in [-0.1, -0.05) is 22.9 Å². The van der Waals surface area contributed by atoms with Gasteiger partial charge in [-0.2, -0.15) is 0 Å².